The number of aromatic nitrogens is 2. The van der Waals surface area contributed by atoms with Gasteiger partial charge in [-0.3, -0.25) is 14.8 Å². The van der Waals surface area contributed by atoms with Crippen molar-refractivity contribution in [2.45, 2.75) is 0 Å². The van der Waals surface area contributed by atoms with Crippen LogP contribution in [0.5, 0.6) is 0 Å². The number of rotatable bonds is 3. The molecule has 0 atom stereocenters. The third-order valence-corrected chi connectivity index (χ3v) is 2.95. The van der Waals surface area contributed by atoms with Crippen LogP contribution in [0.1, 0.15) is 15.9 Å². The van der Waals surface area contributed by atoms with Crippen LogP contribution in [0.15, 0.2) is 66.2 Å². The molecule has 0 unspecified atom stereocenters. The third-order valence-electron chi connectivity index (χ3n) is 2.95. The lowest BCUT2D eigenvalue weighted by molar-refractivity contribution is 0.0955. The predicted molar refractivity (Wildman–Crippen MR) is 81.0 cm³/mol. The van der Waals surface area contributed by atoms with Gasteiger partial charge in [-0.15, -0.1) is 0 Å². The highest BCUT2D eigenvalue weighted by molar-refractivity contribution is 5.95. The quantitative estimate of drug-likeness (QED) is 0.590. The van der Waals surface area contributed by atoms with Crippen molar-refractivity contribution in [2.24, 2.45) is 5.10 Å². The Balaban J connectivity index is 1.71. The molecule has 1 N–H and O–H groups in total. The lowest BCUT2D eigenvalue weighted by atomic mass is 10.1. The summed E-state index contributed by atoms with van der Waals surface area (Å²) >= 11 is 0. The Hall–Kier alpha value is -3.08. The number of nitrogens with zero attached hydrogens (tertiary/aromatic N) is 3. The number of carbonyl (C=O) groups is 1. The molecular formula is C16H12N4O. The summed E-state index contributed by atoms with van der Waals surface area (Å²) in [6.45, 7) is 0. The first-order valence-corrected chi connectivity index (χ1v) is 6.41. The molecule has 5 nitrogen and oxygen atoms in total. The van der Waals surface area contributed by atoms with Crippen molar-refractivity contribution < 1.29 is 4.79 Å². The van der Waals surface area contributed by atoms with E-state index in [1.165, 1.54) is 0 Å². The lowest BCUT2D eigenvalue weighted by Gasteiger charge is -2.00. The summed E-state index contributed by atoms with van der Waals surface area (Å²) in [6, 6.07) is 13.0. The van der Waals surface area contributed by atoms with Gasteiger partial charge in [0, 0.05) is 29.5 Å². The molecule has 21 heavy (non-hydrogen) atoms. The number of hydrogen-bond acceptors (Lipinski definition) is 4. The van der Waals surface area contributed by atoms with Crippen LogP contribution in [-0.2, 0) is 0 Å². The molecule has 1 amide bonds. The van der Waals surface area contributed by atoms with Gasteiger partial charge in [0.2, 0.25) is 0 Å². The average Bonchev–Trinajstić information content (AvgIpc) is 2.55. The minimum atomic E-state index is -0.271. The molecule has 0 bridgehead atoms. The van der Waals surface area contributed by atoms with Crippen LogP contribution in [0, 0.1) is 0 Å². The van der Waals surface area contributed by atoms with Crippen molar-refractivity contribution >= 4 is 23.0 Å². The molecule has 0 aliphatic rings. The van der Waals surface area contributed by atoms with Crippen LogP contribution in [0.4, 0.5) is 0 Å². The Morgan fingerprint density at radius 3 is 2.81 bits per heavy atom. The number of carbonyl (C=O) groups excluding carboxylic acids is 1. The van der Waals surface area contributed by atoms with E-state index in [0.717, 1.165) is 16.5 Å². The standard InChI is InChI=1S/C16H12N4O/c21-16(14-5-8-17-9-6-14)20-19-11-12-3-4-13-2-1-7-18-15(13)10-12/h1-11H,(H,20,21). The molecule has 2 aromatic heterocycles. The fourth-order valence-corrected chi connectivity index (χ4v) is 1.90. The van der Waals surface area contributed by atoms with Gasteiger partial charge in [-0.1, -0.05) is 18.2 Å². The second-order valence-electron chi connectivity index (χ2n) is 4.39. The highest BCUT2D eigenvalue weighted by Crippen LogP contribution is 2.11. The highest BCUT2D eigenvalue weighted by atomic mass is 16.2. The third kappa shape index (κ3) is 3.09. The largest absolute Gasteiger partial charge is 0.271 e. The number of amides is 1. The maximum atomic E-state index is 11.8. The highest BCUT2D eigenvalue weighted by Gasteiger charge is 2.02. The van der Waals surface area contributed by atoms with Gasteiger partial charge in [-0.05, 0) is 29.8 Å². The van der Waals surface area contributed by atoms with Gasteiger partial charge < -0.3 is 0 Å². The van der Waals surface area contributed by atoms with Crippen molar-refractivity contribution in [1.29, 1.82) is 0 Å². The summed E-state index contributed by atoms with van der Waals surface area (Å²) in [6.07, 6.45) is 6.46. The van der Waals surface area contributed by atoms with Crippen molar-refractivity contribution in [1.82, 2.24) is 15.4 Å². The van der Waals surface area contributed by atoms with E-state index in [9.17, 15) is 4.79 Å². The van der Waals surface area contributed by atoms with Gasteiger partial charge in [0.15, 0.2) is 0 Å². The number of benzene rings is 1. The fourth-order valence-electron chi connectivity index (χ4n) is 1.90. The molecule has 1 aromatic carbocycles. The van der Waals surface area contributed by atoms with E-state index >= 15 is 0 Å². The first-order chi connectivity index (χ1) is 10.3. The van der Waals surface area contributed by atoms with E-state index in [2.05, 4.69) is 20.5 Å². The second kappa shape index (κ2) is 5.92. The second-order valence-corrected chi connectivity index (χ2v) is 4.39. The molecule has 0 aliphatic carbocycles. The van der Waals surface area contributed by atoms with Gasteiger partial charge in [0.05, 0.1) is 11.7 Å². The van der Waals surface area contributed by atoms with E-state index in [4.69, 9.17) is 0 Å². The molecule has 2 heterocycles. The minimum absolute atomic E-state index is 0.271. The molecule has 3 rings (SSSR count). The molecule has 0 saturated carbocycles. The van der Waals surface area contributed by atoms with Crippen LogP contribution in [0.3, 0.4) is 0 Å². The van der Waals surface area contributed by atoms with Gasteiger partial charge in [-0.2, -0.15) is 5.10 Å². The van der Waals surface area contributed by atoms with Crippen molar-refractivity contribution in [2.75, 3.05) is 0 Å². The van der Waals surface area contributed by atoms with Crippen molar-refractivity contribution in [3.63, 3.8) is 0 Å². The number of nitrogens with one attached hydrogen (secondary N) is 1. The lowest BCUT2D eigenvalue weighted by Crippen LogP contribution is -2.17. The number of hydrogen-bond donors (Lipinski definition) is 1. The Bertz CT molecular complexity index is 799. The van der Waals surface area contributed by atoms with Gasteiger partial charge >= 0.3 is 0 Å². The molecule has 0 aliphatic heterocycles. The Kier molecular flexibility index (Phi) is 3.64. The van der Waals surface area contributed by atoms with Crippen LogP contribution in [0.25, 0.3) is 10.9 Å². The van der Waals surface area contributed by atoms with Crippen LogP contribution in [-0.4, -0.2) is 22.1 Å². The van der Waals surface area contributed by atoms with Crippen LogP contribution in [0.2, 0.25) is 0 Å². The summed E-state index contributed by atoms with van der Waals surface area (Å²) in [7, 11) is 0. The zero-order valence-electron chi connectivity index (χ0n) is 11.1. The summed E-state index contributed by atoms with van der Waals surface area (Å²) in [4.78, 5) is 19.9. The molecule has 0 radical (unpaired) electrons. The smallest absolute Gasteiger partial charge is 0.267 e. The first kappa shape index (κ1) is 12.9. The summed E-state index contributed by atoms with van der Waals surface area (Å²) in [5, 5.41) is 5.02. The summed E-state index contributed by atoms with van der Waals surface area (Å²) < 4.78 is 0. The minimum Gasteiger partial charge on any atom is -0.267 e. The molecule has 0 spiro atoms. The molecular weight excluding hydrogens is 264 g/mol. The average molecular weight is 276 g/mol. The van der Waals surface area contributed by atoms with E-state index in [0.29, 0.717) is 5.56 Å². The maximum absolute atomic E-state index is 11.8. The Labute approximate surface area is 121 Å². The summed E-state index contributed by atoms with van der Waals surface area (Å²) in [5.74, 6) is -0.271. The topological polar surface area (TPSA) is 67.2 Å². The zero-order valence-corrected chi connectivity index (χ0v) is 11.1. The molecule has 0 saturated heterocycles. The van der Waals surface area contributed by atoms with Crippen LogP contribution >= 0.6 is 0 Å². The number of hydrazone groups is 1. The van der Waals surface area contributed by atoms with E-state index in [1.54, 1.807) is 36.9 Å². The fraction of sp³-hybridized carbons (Fsp3) is 0. The first-order valence-electron chi connectivity index (χ1n) is 6.41. The zero-order chi connectivity index (χ0) is 14.5. The SMILES string of the molecule is O=C(NN=Cc1ccc2cccnc2c1)c1ccncc1. The number of pyridine rings is 2. The monoisotopic (exact) mass is 276 g/mol. The normalized spacial score (nSPS) is 10.9. The van der Waals surface area contributed by atoms with E-state index in [1.807, 2.05) is 30.3 Å². The summed E-state index contributed by atoms with van der Waals surface area (Å²) in [5.41, 5.74) is 4.76. The van der Waals surface area contributed by atoms with Gasteiger partial charge in [0.25, 0.3) is 5.91 Å². The van der Waals surface area contributed by atoms with Gasteiger partial charge in [-0.25, -0.2) is 5.43 Å². The Morgan fingerprint density at radius 2 is 1.95 bits per heavy atom. The molecule has 102 valence electrons. The van der Waals surface area contributed by atoms with Gasteiger partial charge in [0.1, 0.15) is 0 Å². The molecule has 3 aromatic rings. The maximum Gasteiger partial charge on any atom is 0.271 e. The predicted octanol–water partition coefficient (Wildman–Crippen LogP) is 2.39. The number of fused-ring (bicyclic) bond motifs is 1. The Morgan fingerprint density at radius 1 is 1.10 bits per heavy atom. The van der Waals surface area contributed by atoms with Crippen molar-refractivity contribution in [3.8, 4) is 0 Å². The van der Waals surface area contributed by atoms with Crippen LogP contribution < -0.4 is 5.43 Å². The van der Waals surface area contributed by atoms with E-state index < -0.39 is 0 Å². The molecule has 5 heteroatoms. The van der Waals surface area contributed by atoms with E-state index in [-0.39, 0.29) is 5.91 Å². The molecule has 0 fully saturated rings. The van der Waals surface area contributed by atoms with Crippen molar-refractivity contribution in [3.05, 3.63) is 72.2 Å².